The van der Waals surface area contributed by atoms with Crippen molar-refractivity contribution < 1.29 is 17.9 Å². The van der Waals surface area contributed by atoms with Crippen LogP contribution in [0.1, 0.15) is 30.9 Å². The molecule has 0 bridgehead atoms. The number of carbonyl (C=O) groups is 1. The zero-order chi connectivity index (χ0) is 23.3. The van der Waals surface area contributed by atoms with Gasteiger partial charge >= 0.3 is 0 Å². The molecule has 0 saturated carbocycles. The maximum absolute atomic E-state index is 12.5. The summed E-state index contributed by atoms with van der Waals surface area (Å²) in [6.07, 6.45) is 1.50. The van der Waals surface area contributed by atoms with Gasteiger partial charge in [0, 0.05) is 16.4 Å². The lowest BCUT2D eigenvalue weighted by Gasteiger charge is -2.16. The Hall–Kier alpha value is -2.91. The molecule has 32 heavy (non-hydrogen) atoms. The van der Waals surface area contributed by atoms with Crippen LogP contribution in [0.3, 0.4) is 0 Å². The van der Waals surface area contributed by atoms with Gasteiger partial charge in [-0.15, -0.1) is 0 Å². The number of hydrogen-bond acceptors (Lipinski definition) is 5. The van der Waals surface area contributed by atoms with E-state index >= 15 is 0 Å². The average Bonchev–Trinajstić information content (AvgIpc) is 2.75. The normalized spacial score (nSPS) is 11.3. The maximum atomic E-state index is 12.5. The first kappa shape index (κ1) is 23.7. The summed E-state index contributed by atoms with van der Waals surface area (Å²) in [4.78, 5) is 16.4. The van der Waals surface area contributed by atoms with Gasteiger partial charge in [-0.2, -0.15) is 0 Å². The molecule has 9 heteroatoms. The summed E-state index contributed by atoms with van der Waals surface area (Å²) < 4.78 is 34.1. The van der Waals surface area contributed by atoms with Crippen molar-refractivity contribution in [2.45, 2.75) is 31.6 Å². The highest BCUT2D eigenvalue weighted by Gasteiger charge is 2.16. The van der Waals surface area contributed by atoms with E-state index < -0.39 is 10.0 Å². The molecular formula is C23H24BrN3O4S. The highest BCUT2D eigenvalue weighted by atomic mass is 79.9. The number of sulfonamides is 1. The van der Waals surface area contributed by atoms with Gasteiger partial charge in [0.05, 0.1) is 4.90 Å². The zero-order valence-electron chi connectivity index (χ0n) is 17.9. The minimum absolute atomic E-state index is 0.0596. The van der Waals surface area contributed by atoms with Crippen LogP contribution in [0.15, 0.2) is 70.2 Å². The van der Waals surface area contributed by atoms with Gasteiger partial charge in [0.25, 0.3) is 15.9 Å². The van der Waals surface area contributed by atoms with Crippen LogP contribution in [0.2, 0.25) is 0 Å². The molecule has 0 fully saturated rings. The monoisotopic (exact) mass is 517 g/mol. The van der Waals surface area contributed by atoms with Crippen LogP contribution in [-0.2, 0) is 14.8 Å². The first-order valence-electron chi connectivity index (χ1n) is 9.92. The second kappa shape index (κ2) is 10.1. The van der Waals surface area contributed by atoms with E-state index in [1.54, 1.807) is 18.2 Å². The van der Waals surface area contributed by atoms with Crippen molar-refractivity contribution in [3.05, 3.63) is 76.4 Å². The smallest absolute Gasteiger partial charge is 0.263 e. The number of nitrogens with zero attached hydrogens (tertiary/aromatic N) is 1. The lowest BCUT2D eigenvalue weighted by Crippen LogP contribution is -2.21. The van der Waals surface area contributed by atoms with Crippen LogP contribution < -0.4 is 14.8 Å². The van der Waals surface area contributed by atoms with Crippen LogP contribution >= 0.6 is 15.9 Å². The van der Waals surface area contributed by atoms with Crippen LogP contribution in [0, 0.1) is 6.92 Å². The fraction of sp³-hybridized carbons (Fsp3) is 0.217. The van der Waals surface area contributed by atoms with Crippen LogP contribution in [0.5, 0.6) is 5.75 Å². The number of aromatic nitrogens is 1. The Morgan fingerprint density at radius 1 is 1.12 bits per heavy atom. The van der Waals surface area contributed by atoms with Gasteiger partial charge < -0.3 is 10.1 Å². The van der Waals surface area contributed by atoms with Gasteiger partial charge in [0.2, 0.25) is 0 Å². The van der Waals surface area contributed by atoms with E-state index in [9.17, 15) is 13.2 Å². The minimum atomic E-state index is -3.78. The number of carbonyl (C=O) groups excluding carboxylic acids is 1. The number of anilines is 2. The van der Waals surface area contributed by atoms with Gasteiger partial charge in [-0.25, -0.2) is 13.4 Å². The van der Waals surface area contributed by atoms with Crippen molar-refractivity contribution in [1.29, 1.82) is 0 Å². The van der Waals surface area contributed by atoms with Crippen molar-refractivity contribution in [3.63, 3.8) is 0 Å². The van der Waals surface area contributed by atoms with E-state index in [0.29, 0.717) is 11.4 Å². The first-order valence-corrected chi connectivity index (χ1v) is 12.2. The third-order valence-electron chi connectivity index (χ3n) is 4.62. The van der Waals surface area contributed by atoms with Crippen molar-refractivity contribution in [3.8, 4) is 5.75 Å². The summed E-state index contributed by atoms with van der Waals surface area (Å²) in [5, 5.41) is 2.71. The Kier molecular flexibility index (Phi) is 7.52. The molecule has 7 nitrogen and oxygen atoms in total. The van der Waals surface area contributed by atoms with Gasteiger partial charge in [-0.3, -0.25) is 9.52 Å². The lowest BCUT2D eigenvalue weighted by atomic mass is 10.0. The number of halogens is 1. The number of ether oxygens (including phenoxy) is 1. The molecule has 3 rings (SSSR count). The Bertz CT molecular complexity index is 1200. The summed E-state index contributed by atoms with van der Waals surface area (Å²) in [5.41, 5.74) is 2.48. The molecule has 0 aliphatic heterocycles. The fourth-order valence-corrected chi connectivity index (χ4v) is 4.29. The predicted molar refractivity (Wildman–Crippen MR) is 129 cm³/mol. The Balaban J connectivity index is 1.62. The Morgan fingerprint density at radius 3 is 2.47 bits per heavy atom. The molecule has 0 atom stereocenters. The SMILES string of the molecule is Cc1cc(OCC(=O)Nc2ccc(S(=O)(=O)Nc3ccccn3)cc2)c(C(C)C)cc1Br. The largest absolute Gasteiger partial charge is 0.483 e. The number of nitrogens with one attached hydrogen (secondary N) is 2. The van der Waals surface area contributed by atoms with Crippen molar-refractivity contribution in [2.75, 3.05) is 16.6 Å². The minimum Gasteiger partial charge on any atom is -0.483 e. The molecule has 3 aromatic rings. The molecular weight excluding hydrogens is 494 g/mol. The molecule has 168 valence electrons. The van der Waals surface area contributed by atoms with E-state index in [-0.39, 0.29) is 29.1 Å². The topological polar surface area (TPSA) is 97.4 Å². The van der Waals surface area contributed by atoms with Crippen LogP contribution in [-0.4, -0.2) is 25.9 Å². The highest BCUT2D eigenvalue weighted by Crippen LogP contribution is 2.32. The number of rotatable bonds is 8. The average molecular weight is 518 g/mol. The fourth-order valence-electron chi connectivity index (χ4n) is 2.92. The second-order valence-electron chi connectivity index (χ2n) is 7.48. The predicted octanol–water partition coefficient (Wildman–Crippen LogP) is 5.09. The first-order chi connectivity index (χ1) is 15.2. The third kappa shape index (κ3) is 6.08. The quantitative estimate of drug-likeness (QED) is 0.433. The number of benzene rings is 2. The van der Waals surface area contributed by atoms with Crippen molar-refractivity contribution in [2.24, 2.45) is 0 Å². The maximum Gasteiger partial charge on any atom is 0.263 e. The molecule has 0 saturated heterocycles. The number of hydrogen-bond donors (Lipinski definition) is 2. The van der Waals surface area contributed by atoms with Crippen LogP contribution in [0.25, 0.3) is 0 Å². The number of aryl methyl sites for hydroxylation is 1. The van der Waals surface area contributed by atoms with Gasteiger partial charge in [-0.05, 0) is 72.5 Å². The van der Waals surface area contributed by atoms with E-state index in [0.717, 1.165) is 15.6 Å². The lowest BCUT2D eigenvalue weighted by molar-refractivity contribution is -0.118. The second-order valence-corrected chi connectivity index (χ2v) is 10.0. The molecule has 1 amide bonds. The van der Waals surface area contributed by atoms with Crippen LogP contribution in [0.4, 0.5) is 11.5 Å². The van der Waals surface area contributed by atoms with E-state index in [2.05, 4.69) is 44.8 Å². The summed E-state index contributed by atoms with van der Waals surface area (Å²) in [7, 11) is -3.78. The van der Waals surface area contributed by atoms with E-state index in [1.807, 2.05) is 19.1 Å². The summed E-state index contributed by atoms with van der Waals surface area (Å²) >= 11 is 3.53. The van der Waals surface area contributed by atoms with Gasteiger partial charge in [0.1, 0.15) is 11.6 Å². The number of pyridine rings is 1. The van der Waals surface area contributed by atoms with Gasteiger partial charge in [0.15, 0.2) is 6.61 Å². The summed E-state index contributed by atoms with van der Waals surface area (Å²) in [5.74, 6) is 0.783. The molecule has 0 aliphatic rings. The van der Waals surface area contributed by atoms with E-state index in [1.165, 1.54) is 30.5 Å². The standard InChI is InChI=1S/C23H24BrN3O4S/c1-15(2)19-13-20(24)16(3)12-21(19)31-14-23(28)26-17-7-9-18(10-8-17)32(29,30)27-22-6-4-5-11-25-22/h4-13,15H,14H2,1-3H3,(H,25,27)(H,26,28). The third-order valence-corrected chi connectivity index (χ3v) is 6.85. The summed E-state index contributed by atoms with van der Waals surface area (Å²) in [6, 6.07) is 14.7. The van der Waals surface area contributed by atoms with Crippen molar-refractivity contribution in [1.82, 2.24) is 4.98 Å². The van der Waals surface area contributed by atoms with Gasteiger partial charge in [-0.1, -0.05) is 35.8 Å². The number of amides is 1. The Morgan fingerprint density at radius 2 is 1.84 bits per heavy atom. The van der Waals surface area contributed by atoms with E-state index in [4.69, 9.17) is 4.74 Å². The highest BCUT2D eigenvalue weighted by molar-refractivity contribution is 9.10. The zero-order valence-corrected chi connectivity index (χ0v) is 20.3. The molecule has 1 aromatic heterocycles. The summed E-state index contributed by atoms with van der Waals surface area (Å²) in [6.45, 7) is 5.91. The molecule has 0 aliphatic carbocycles. The van der Waals surface area contributed by atoms with Crippen molar-refractivity contribution >= 4 is 43.4 Å². The molecule has 0 spiro atoms. The molecule has 0 radical (unpaired) electrons. The molecule has 2 aromatic carbocycles. The molecule has 1 heterocycles. The molecule has 2 N–H and O–H groups in total. The Labute approximate surface area is 196 Å². The molecule has 0 unspecified atom stereocenters.